The summed E-state index contributed by atoms with van der Waals surface area (Å²) in [7, 11) is 0. The quantitative estimate of drug-likeness (QED) is 0.0693. The van der Waals surface area contributed by atoms with Gasteiger partial charge in [0.1, 0.15) is 14.9 Å². The zero-order chi connectivity index (χ0) is 98.0. The number of halogens is 12. The second kappa shape index (κ2) is 47.8. The number of allylic oxidation sites excluding steroid dienone is 1. The number of benzene rings is 15. The second-order valence-corrected chi connectivity index (χ2v) is 41.1. The first-order valence-corrected chi connectivity index (χ1v) is 51.0. The molecule has 14 nitrogen and oxygen atoms in total. The van der Waals surface area contributed by atoms with Crippen molar-refractivity contribution in [3.05, 3.63) is 491 Å². The van der Waals surface area contributed by atoms with E-state index in [1.54, 1.807) is 257 Å². The first-order valence-electron chi connectivity index (χ1n) is 42.2. The van der Waals surface area contributed by atoms with Gasteiger partial charge in [-0.25, -0.2) is 19.6 Å². The number of thioether (sulfide) groups is 2. The van der Waals surface area contributed by atoms with Crippen molar-refractivity contribution in [3.8, 4) is 27.7 Å². The number of aromatic nitrogens is 5. The SMILES string of the molecule is O=C(c1ccc(-c2nc3ccccc3o2)cc1)c1cc(Cl)ccc1Cl.O=C(c1ccc(-c2nc3ccccc3s2)cc1)c1cc(Cl)ccc1Cl.O=C(c1ccc(-n2cccn2)cc1)c1cc(Cl)ccc1Cl.O=C(c1ccc(C2=NC=CC2)cc1)c1cc(Cl)ccc1Cl.O=C(c1ccc(SC2=NCCS2)cc1)c1cc(Cl)ccc1Cl.O=C(c1ccc(Sc2nc3ccccc3s2)cc1)c1cc(Cl)ccc1Cl. The van der Waals surface area contributed by atoms with Crippen LogP contribution in [-0.4, -0.2) is 81.8 Å². The molecule has 0 aliphatic carbocycles. The molecule has 0 atom stereocenters. The Labute approximate surface area is 884 Å². The lowest BCUT2D eigenvalue weighted by Gasteiger charge is -2.06. The molecule has 0 saturated heterocycles. The molecule has 6 heterocycles. The van der Waals surface area contributed by atoms with Gasteiger partial charge in [0, 0.05) is 149 Å². The molecule has 21 rings (SSSR count). The molecule has 140 heavy (non-hydrogen) atoms. The van der Waals surface area contributed by atoms with Crippen molar-refractivity contribution in [2.24, 2.45) is 9.98 Å². The fourth-order valence-electron chi connectivity index (χ4n) is 13.9. The van der Waals surface area contributed by atoms with Gasteiger partial charge in [-0.1, -0.05) is 278 Å². The van der Waals surface area contributed by atoms with Crippen LogP contribution >= 0.6 is 197 Å². The molecular weight excluding hydrogens is 2110 g/mol. The van der Waals surface area contributed by atoms with E-state index in [1.165, 1.54) is 0 Å². The maximum absolute atomic E-state index is 12.7. The van der Waals surface area contributed by atoms with Crippen LogP contribution in [0.1, 0.15) is 108 Å². The zero-order valence-corrected chi connectivity index (χ0v) is 85.4. The van der Waals surface area contributed by atoms with E-state index in [2.05, 4.69) is 42.2 Å². The standard InChI is InChI=1S/C20H11Cl2NO2.C20H11Cl2NOS2.C20H11Cl2NOS.C17H11Cl2NO.C16H10Cl2N2O.C16H11Cl2NOS2/c21-14-9-10-16(22)15(11-14)19(24)12-5-7-13(8-6-12)20-23-17-3-1-2-4-18(17)25-20;21-13-7-10-16(22)15(11-13)19(24)12-5-8-14(9-6-12)25-20-23-17-3-1-2-4-18(17)26-20;21-14-9-10-16(22)15(11-14)19(24)12-5-7-13(8-6-12)20-23-17-3-1-2-4-18(17)25-20;18-13-7-8-15(19)14(10-13)17(21)12-5-3-11(4-6-12)16-2-1-9-20-16;17-12-4-7-15(18)14(10-12)16(21)11-2-5-13(6-3-11)20-9-1-8-19-20;17-11-3-6-14(18)13(9-11)15(20)10-1-4-12(5-2-10)22-16-19-7-8-21-16/h1-11H;1-11H;1-11H;1,3-10H,2H2;1-10H;1-6,9H,7-8H2. The molecule has 19 aromatic rings. The monoisotopic (exact) mass is 2160 g/mol. The van der Waals surface area contributed by atoms with Crippen LogP contribution in [0.5, 0.6) is 0 Å². The molecule has 0 spiro atoms. The molecule has 692 valence electrons. The minimum atomic E-state index is -0.184. The van der Waals surface area contributed by atoms with E-state index in [9.17, 15) is 28.8 Å². The molecule has 0 radical (unpaired) electrons. The third-order valence-electron chi connectivity index (χ3n) is 20.9. The van der Waals surface area contributed by atoms with Crippen molar-refractivity contribution >= 4 is 273 Å². The third kappa shape index (κ3) is 26.0. The van der Waals surface area contributed by atoms with Gasteiger partial charge in [0.25, 0.3) is 0 Å². The molecule has 15 aromatic carbocycles. The number of carbonyl (C=O) groups excluding carboxylic acids is 6. The van der Waals surface area contributed by atoms with Crippen LogP contribution in [0.15, 0.2) is 387 Å². The molecule has 0 N–H and O–H groups in total. The number of hydrogen-bond acceptors (Lipinski definition) is 18. The number of oxazole rings is 1. The fourth-order valence-corrected chi connectivity index (χ4v) is 21.1. The maximum atomic E-state index is 12.7. The molecule has 31 heteroatoms. The Morgan fingerprint density at radius 2 is 0.707 bits per heavy atom. The largest absolute Gasteiger partial charge is 0.436 e. The summed E-state index contributed by atoms with van der Waals surface area (Å²) in [5.74, 6) is 0.660. The van der Waals surface area contributed by atoms with Crippen LogP contribution in [0.25, 0.3) is 59.2 Å². The summed E-state index contributed by atoms with van der Waals surface area (Å²) in [5, 5.41) is 10.3. The Bertz CT molecular complexity index is 7690. The van der Waals surface area contributed by atoms with Crippen LogP contribution < -0.4 is 0 Å². The molecule has 0 bridgehead atoms. The van der Waals surface area contributed by atoms with E-state index in [-0.39, 0.29) is 34.7 Å². The van der Waals surface area contributed by atoms with E-state index in [4.69, 9.17) is 144 Å². The van der Waals surface area contributed by atoms with Crippen molar-refractivity contribution in [3.63, 3.8) is 0 Å². The van der Waals surface area contributed by atoms with Crippen LogP contribution in [0.3, 0.4) is 0 Å². The summed E-state index contributed by atoms with van der Waals surface area (Å²) >= 11 is 80.5. The molecule has 2 aliphatic rings. The van der Waals surface area contributed by atoms with Gasteiger partial charge in [0.05, 0.1) is 68.5 Å². The van der Waals surface area contributed by atoms with Gasteiger partial charge in [0.2, 0.25) is 5.89 Å². The van der Waals surface area contributed by atoms with E-state index in [0.717, 1.165) is 102 Å². The number of aliphatic imine (C=N–C) groups is 2. The molecule has 0 amide bonds. The fraction of sp³-hybridized carbons (Fsp3) is 0.0275. The zero-order valence-electron chi connectivity index (χ0n) is 72.3. The van der Waals surface area contributed by atoms with E-state index >= 15 is 0 Å². The Kier molecular flexibility index (Phi) is 34.6. The number of para-hydroxylation sites is 4. The van der Waals surface area contributed by atoms with Crippen molar-refractivity contribution in [2.75, 3.05) is 12.3 Å². The first kappa shape index (κ1) is 101. The van der Waals surface area contributed by atoms with Crippen LogP contribution in [-0.2, 0) is 0 Å². The summed E-state index contributed by atoms with van der Waals surface area (Å²) in [6, 6.07) is 98.6. The van der Waals surface area contributed by atoms with Gasteiger partial charge >= 0.3 is 0 Å². The molecule has 4 aromatic heterocycles. The van der Waals surface area contributed by atoms with Gasteiger partial charge in [-0.05, 0) is 242 Å². The van der Waals surface area contributed by atoms with Crippen LogP contribution in [0.4, 0.5) is 0 Å². The number of hydrogen-bond donors (Lipinski definition) is 0. The first-order chi connectivity index (χ1) is 67.8. The van der Waals surface area contributed by atoms with Crippen molar-refractivity contribution in [2.45, 2.75) is 20.6 Å². The van der Waals surface area contributed by atoms with Gasteiger partial charge in [-0.2, -0.15) is 5.10 Å². The second-order valence-electron chi connectivity index (χ2n) is 30.3. The Hall–Kier alpha value is -11.6. The van der Waals surface area contributed by atoms with Crippen LogP contribution in [0, 0.1) is 0 Å². The highest BCUT2D eigenvalue weighted by molar-refractivity contribution is 8.39. The summed E-state index contributed by atoms with van der Waals surface area (Å²) in [4.78, 5) is 99.8. The molecule has 0 saturated carbocycles. The van der Waals surface area contributed by atoms with Gasteiger partial charge < -0.3 is 4.42 Å². The highest BCUT2D eigenvalue weighted by atomic mass is 35.5. The minimum absolute atomic E-state index is 0.128. The maximum Gasteiger partial charge on any atom is 0.227 e. The number of ketones is 6. The molecule has 2 aliphatic heterocycles. The van der Waals surface area contributed by atoms with Gasteiger partial charge in [0.15, 0.2) is 44.6 Å². The van der Waals surface area contributed by atoms with Gasteiger partial charge in [-0.3, -0.25) is 38.8 Å². The average Bonchev–Trinajstić information content (AvgIpc) is 1.61. The number of nitrogens with zero attached hydrogens (tertiary/aromatic N) is 7. The Morgan fingerprint density at radius 3 is 1.08 bits per heavy atom. The summed E-state index contributed by atoms with van der Waals surface area (Å²) in [5.41, 5.74) is 14.0. The van der Waals surface area contributed by atoms with Crippen molar-refractivity contribution < 1.29 is 33.2 Å². The van der Waals surface area contributed by atoms with Gasteiger partial charge in [-0.15, -0.1) is 22.7 Å². The highest BCUT2D eigenvalue weighted by Crippen LogP contribution is 2.39. The lowest BCUT2D eigenvalue weighted by molar-refractivity contribution is 0.103. The van der Waals surface area contributed by atoms with Crippen molar-refractivity contribution in [1.82, 2.24) is 24.7 Å². The summed E-state index contributed by atoms with van der Waals surface area (Å²) < 4.78 is 11.8. The van der Waals surface area contributed by atoms with E-state index in [0.29, 0.717) is 133 Å². The molecule has 0 fully saturated rings. The topological polar surface area (TPSA) is 197 Å². The third-order valence-corrected chi connectivity index (χ3v) is 29.7. The number of fused-ring (bicyclic) bond motifs is 3. The van der Waals surface area contributed by atoms with Crippen molar-refractivity contribution in [1.29, 1.82) is 0 Å². The average molecular weight is 2170 g/mol. The summed E-state index contributed by atoms with van der Waals surface area (Å²) in [6.45, 7) is 0.886. The van der Waals surface area contributed by atoms with Crippen LogP contribution in [0.2, 0.25) is 60.3 Å². The smallest absolute Gasteiger partial charge is 0.227 e. The van der Waals surface area contributed by atoms with E-state index < -0.39 is 0 Å². The minimum Gasteiger partial charge on any atom is -0.436 e. The predicted octanol–water partition coefficient (Wildman–Crippen LogP) is 34.3. The Morgan fingerprint density at radius 1 is 0.343 bits per heavy atom. The normalized spacial score (nSPS) is 11.7. The number of thiazole rings is 2. The van der Waals surface area contributed by atoms with E-state index in [1.807, 2.05) is 152 Å². The highest BCUT2D eigenvalue weighted by Gasteiger charge is 2.23. The molecule has 0 unspecified atom stereocenters. The Balaban J connectivity index is 0.000000121. The molecular formula is C109H65Cl12N7O7S5. The number of carbonyl (C=O) groups is 6. The summed E-state index contributed by atoms with van der Waals surface area (Å²) in [6.07, 6.45) is 8.16. The lowest BCUT2D eigenvalue weighted by Crippen LogP contribution is -2.03. The predicted molar refractivity (Wildman–Crippen MR) is 581 cm³/mol. The lowest BCUT2D eigenvalue weighted by atomic mass is 10.00. The number of rotatable bonds is 19.